The molecular weight excluding hydrogens is 351 g/mol. The van der Waals surface area contributed by atoms with Gasteiger partial charge in [0, 0.05) is 15.5 Å². The lowest BCUT2D eigenvalue weighted by molar-refractivity contribution is 0.102. The highest BCUT2D eigenvalue weighted by molar-refractivity contribution is 7.16. The third kappa shape index (κ3) is 3.55. The predicted octanol–water partition coefficient (Wildman–Crippen LogP) is 5.68. The number of aryl methyl sites for hydroxylation is 1. The van der Waals surface area contributed by atoms with E-state index >= 15 is 0 Å². The molecule has 1 amide bonds. The fraction of sp³-hybridized carbons (Fsp3) is 0.0588. The molecule has 6 heteroatoms. The molecule has 3 rings (SSSR count). The fourth-order valence-corrected chi connectivity index (χ4v) is 3.41. The minimum absolute atomic E-state index is 0.276. The van der Waals surface area contributed by atoms with E-state index in [0.29, 0.717) is 20.7 Å². The molecule has 0 bridgehead atoms. The summed E-state index contributed by atoms with van der Waals surface area (Å²) in [5.41, 5.74) is 2.16. The maximum Gasteiger partial charge on any atom is 0.258 e. The van der Waals surface area contributed by atoms with Crippen LogP contribution in [-0.4, -0.2) is 10.9 Å². The SMILES string of the molecule is Cc1sc(NC(=O)c2ccccc2Cl)nc1-c1cccc(Cl)c1. The van der Waals surface area contributed by atoms with Crippen molar-refractivity contribution < 1.29 is 4.79 Å². The third-order valence-electron chi connectivity index (χ3n) is 3.23. The molecule has 3 nitrogen and oxygen atoms in total. The Morgan fingerprint density at radius 1 is 1.13 bits per heavy atom. The molecule has 0 fully saturated rings. The number of nitrogens with one attached hydrogen (secondary N) is 1. The second-order valence-corrected chi connectivity index (χ2v) is 6.91. The second-order valence-electron chi connectivity index (χ2n) is 4.87. The first kappa shape index (κ1) is 16.0. The fourth-order valence-electron chi connectivity index (χ4n) is 2.16. The van der Waals surface area contributed by atoms with Crippen molar-refractivity contribution in [2.24, 2.45) is 0 Å². The van der Waals surface area contributed by atoms with Gasteiger partial charge in [-0.15, -0.1) is 11.3 Å². The predicted molar refractivity (Wildman–Crippen MR) is 96.7 cm³/mol. The average Bonchev–Trinajstić information content (AvgIpc) is 2.88. The van der Waals surface area contributed by atoms with Gasteiger partial charge in [-0.25, -0.2) is 4.98 Å². The second kappa shape index (κ2) is 6.71. The molecule has 0 radical (unpaired) electrons. The van der Waals surface area contributed by atoms with E-state index in [4.69, 9.17) is 23.2 Å². The third-order valence-corrected chi connectivity index (χ3v) is 4.68. The molecule has 1 aromatic heterocycles. The Morgan fingerprint density at radius 3 is 2.65 bits per heavy atom. The van der Waals surface area contributed by atoms with Gasteiger partial charge in [0.1, 0.15) is 0 Å². The molecule has 0 aliphatic carbocycles. The van der Waals surface area contributed by atoms with Crippen molar-refractivity contribution in [2.75, 3.05) is 5.32 Å². The first-order valence-corrected chi connectivity index (χ1v) is 8.41. The summed E-state index contributed by atoms with van der Waals surface area (Å²) in [7, 11) is 0. The molecule has 1 heterocycles. The maximum absolute atomic E-state index is 12.3. The normalized spacial score (nSPS) is 10.6. The lowest BCUT2D eigenvalue weighted by Crippen LogP contribution is -2.12. The first-order chi connectivity index (χ1) is 11.0. The van der Waals surface area contributed by atoms with Crippen LogP contribution in [0.4, 0.5) is 5.13 Å². The molecule has 116 valence electrons. The Kier molecular flexibility index (Phi) is 4.66. The number of amides is 1. The molecular formula is C17H12Cl2N2OS. The Labute approximate surface area is 147 Å². The summed E-state index contributed by atoms with van der Waals surface area (Å²) in [5, 5.41) is 4.39. The molecule has 0 saturated heterocycles. The van der Waals surface area contributed by atoms with Crippen molar-refractivity contribution in [1.29, 1.82) is 0 Å². The van der Waals surface area contributed by atoms with Crippen LogP contribution in [0, 0.1) is 6.92 Å². The molecule has 2 aromatic carbocycles. The van der Waals surface area contributed by atoms with Crippen LogP contribution in [0.2, 0.25) is 10.0 Å². The van der Waals surface area contributed by atoms with Crippen LogP contribution in [0.5, 0.6) is 0 Å². The summed E-state index contributed by atoms with van der Waals surface area (Å²) in [5.74, 6) is -0.276. The summed E-state index contributed by atoms with van der Waals surface area (Å²) in [4.78, 5) is 17.8. The van der Waals surface area contributed by atoms with Crippen LogP contribution in [0.15, 0.2) is 48.5 Å². The summed E-state index contributed by atoms with van der Waals surface area (Å²) in [6.07, 6.45) is 0. The number of anilines is 1. The minimum atomic E-state index is -0.276. The zero-order valence-corrected chi connectivity index (χ0v) is 14.5. The van der Waals surface area contributed by atoms with Crippen molar-refractivity contribution >= 4 is 45.6 Å². The number of hydrogen-bond donors (Lipinski definition) is 1. The van der Waals surface area contributed by atoms with E-state index in [-0.39, 0.29) is 5.91 Å². The lowest BCUT2D eigenvalue weighted by atomic mass is 10.1. The van der Waals surface area contributed by atoms with E-state index in [1.807, 2.05) is 31.2 Å². The Hall–Kier alpha value is -1.88. The van der Waals surface area contributed by atoms with Crippen molar-refractivity contribution in [3.8, 4) is 11.3 Å². The largest absolute Gasteiger partial charge is 0.298 e. The van der Waals surface area contributed by atoms with Crippen molar-refractivity contribution in [1.82, 2.24) is 4.98 Å². The standard InChI is InChI=1S/C17H12Cl2N2OS/c1-10-15(11-5-4-6-12(18)9-11)20-17(23-10)21-16(22)13-7-2-3-8-14(13)19/h2-9H,1H3,(H,20,21,22). The van der Waals surface area contributed by atoms with Crippen LogP contribution >= 0.6 is 34.5 Å². The van der Waals surface area contributed by atoms with Gasteiger partial charge in [0.15, 0.2) is 5.13 Å². The zero-order valence-electron chi connectivity index (χ0n) is 12.1. The highest BCUT2D eigenvalue weighted by Crippen LogP contribution is 2.32. The number of carbonyl (C=O) groups excluding carboxylic acids is 1. The van der Waals surface area contributed by atoms with Crippen molar-refractivity contribution in [2.45, 2.75) is 6.92 Å². The molecule has 0 atom stereocenters. The zero-order chi connectivity index (χ0) is 16.4. The van der Waals surface area contributed by atoms with Crippen molar-refractivity contribution in [3.05, 3.63) is 69.0 Å². The molecule has 0 saturated carbocycles. The maximum atomic E-state index is 12.3. The number of carbonyl (C=O) groups is 1. The quantitative estimate of drug-likeness (QED) is 0.651. The van der Waals surface area contributed by atoms with Gasteiger partial charge in [-0.1, -0.05) is 47.5 Å². The van der Waals surface area contributed by atoms with E-state index in [9.17, 15) is 4.79 Å². The van der Waals surface area contributed by atoms with E-state index < -0.39 is 0 Å². The van der Waals surface area contributed by atoms with Crippen LogP contribution in [-0.2, 0) is 0 Å². The molecule has 0 aliphatic rings. The molecule has 1 N–H and O–H groups in total. The highest BCUT2D eigenvalue weighted by Gasteiger charge is 2.15. The van der Waals surface area contributed by atoms with Gasteiger partial charge in [-0.2, -0.15) is 0 Å². The number of aromatic nitrogens is 1. The Morgan fingerprint density at radius 2 is 1.91 bits per heavy atom. The minimum Gasteiger partial charge on any atom is -0.298 e. The number of hydrogen-bond acceptors (Lipinski definition) is 3. The summed E-state index contributed by atoms with van der Waals surface area (Å²) in [6.45, 7) is 1.96. The van der Waals surface area contributed by atoms with Gasteiger partial charge in [0.2, 0.25) is 0 Å². The van der Waals surface area contributed by atoms with E-state index in [1.54, 1.807) is 24.3 Å². The van der Waals surface area contributed by atoms with E-state index in [1.165, 1.54) is 11.3 Å². The monoisotopic (exact) mass is 362 g/mol. The average molecular weight is 363 g/mol. The molecule has 0 aliphatic heterocycles. The lowest BCUT2D eigenvalue weighted by Gasteiger charge is -2.03. The van der Waals surface area contributed by atoms with Gasteiger partial charge in [0.25, 0.3) is 5.91 Å². The van der Waals surface area contributed by atoms with Crippen molar-refractivity contribution in [3.63, 3.8) is 0 Å². The van der Waals surface area contributed by atoms with Gasteiger partial charge in [-0.3, -0.25) is 10.1 Å². The van der Waals surface area contributed by atoms with Crippen LogP contribution in [0.25, 0.3) is 11.3 Å². The highest BCUT2D eigenvalue weighted by atomic mass is 35.5. The number of nitrogens with zero attached hydrogens (tertiary/aromatic N) is 1. The number of benzene rings is 2. The number of halogens is 2. The van der Waals surface area contributed by atoms with Gasteiger partial charge in [0.05, 0.1) is 16.3 Å². The molecule has 0 spiro atoms. The summed E-state index contributed by atoms with van der Waals surface area (Å²) in [6, 6.07) is 14.4. The molecule has 0 unspecified atom stereocenters. The molecule has 23 heavy (non-hydrogen) atoms. The van der Waals surface area contributed by atoms with Gasteiger partial charge >= 0.3 is 0 Å². The first-order valence-electron chi connectivity index (χ1n) is 6.84. The van der Waals surface area contributed by atoms with E-state index in [2.05, 4.69) is 10.3 Å². The Bertz CT molecular complexity index is 877. The summed E-state index contributed by atoms with van der Waals surface area (Å²) < 4.78 is 0. The number of rotatable bonds is 3. The van der Waals surface area contributed by atoms with E-state index in [0.717, 1.165) is 16.1 Å². The molecule has 3 aromatic rings. The van der Waals surface area contributed by atoms with Crippen LogP contribution < -0.4 is 5.32 Å². The Balaban J connectivity index is 1.87. The van der Waals surface area contributed by atoms with Gasteiger partial charge in [-0.05, 0) is 31.2 Å². The number of thiazole rings is 1. The topological polar surface area (TPSA) is 42.0 Å². The van der Waals surface area contributed by atoms with Gasteiger partial charge < -0.3 is 0 Å². The summed E-state index contributed by atoms with van der Waals surface area (Å²) >= 11 is 13.5. The van der Waals surface area contributed by atoms with Crippen LogP contribution in [0.1, 0.15) is 15.2 Å². The van der Waals surface area contributed by atoms with Crippen LogP contribution in [0.3, 0.4) is 0 Å². The smallest absolute Gasteiger partial charge is 0.258 e.